The molecule has 1 aliphatic carbocycles. The number of amides is 1. The molecule has 1 aromatic heterocycles. The molecule has 1 aromatic carbocycles. The van der Waals surface area contributed by atoms with Crippen molar-refractivity contribution in [3.63, 3.8) is 0 Å². The molecule has 0 atom stereocenters. The topological polar surface area (TPSA) is 77.4 Å². The van der Waals surface area contributed by atoms with Crippen molar-refractivity contribution < 1.29 is 14.3 Å². The van der Waals surface area contributed by atoms with Gasteiger partial charge in [0.1, 0.15) is 5.56 Å². The summed E-state index contributed by atoms with van der Waals surface area (Å²) < 4.78 is 7.01. The van der Waals surface area contributed by atoms with Gasteiger partial charge in [-0.3, -0.25) is 14.4 Å². The molecular formula is C23H28N2O4. The minimum absolute atomic E-state index is 0.138. The van der Waals surface area contributed by atoms with Gasteiger partial charge in [-0.05, 0) is 62.3 Å². The molecule has 0 radical (unpaired) electrons. The van der Waals surface area contributed by atoms with E-state index in [2.05, 4.69) is 12.2 Å². The van der Waals surface area contributed by atoms with Crippen molar-refractivity contribution in [2.24, 2.45) is 0 Å². The summed E-state index contributed by atoms with van der Waals surface area (Å²) >= 11 is 0. The van der Waals surface area contributed by atoms with Gasteiger partial charge in [-0.1, -0.05) is 25.5 Å². The highest BCUT2D eigenvalue weighted by Crippen LogP contribution is 2.29. The number of aryl methyl sites for hydroxylation is 2. The Morgan fingerprint density at radius 3 is 2.69 bits per heavy atom. The largest absolute Gasteiger partial charge is 0.424 e. The van der Waals surface area contributed by atoms with Crippen molar-refractivity contribution >= 4 is 17.6 Å². The summed E-state index contributed by atoms with van der Waals surface area (Å²) in [5, 5.41) is 2.80. The average Bonchev–Trinajstić information content (AvgIpc) is 2.69. The third-order valence-electron chi connectivity index (χ3n) is 5.31. The lowest BCUT2D eigenvalue weighted by Gasteiger charge is -2.22. The van der Waals surface area contributed by atoms with Crippen LogP contribution in [-0.2, 0) is 24.2 Å². The number of anilines is 1. The Kier molecular flexibility index (Phi) is 6.52. The van der Waals surface area contributed by atoms with Crippen LogP contribution in [0.3, 0.4) is 0 Å². The summed E-state index contributed by atoms with van der Waals surface area (Å²) in [6.45, 7) is 5.84. The SMILES string of the molecule is CCCCn1c2c(cc(C(=O)Nc3c(C)cccc3OC(C)=O)c1=O)CCCC2. The average molecular weight is 396 g/mol. The van der Waals surface area contributed by atoms with Crippen LogP contribution in [0.1, 0.15) is 66.7 Å². The summed E-state index contributed by atoms with van der Waals surface area (Å²) in [7, 11) is 0. The van der Waals surface area contributed by atoms with E-state index in [-0.39, 0.29) is 16.9 Å². The van der Waals surface area contributed by atoms with Gasteiger partial charge in [0.05, 0.1) is 5.69 Å². The number of esters is 1. The normalized spacial score (nSPS) is 12.9. The fourth-order valence-electron chi connectivity index (χ4n) is 3.82. The van der Waals surface area contributed by atoms with Gasteiger partial charge in [0.2, 0.25) is 0 Å². The number of rotatable bonds is 6. The van der Waals surface area contributed by atoms with Crippen molar-refractivity contribution in [3.8, 4) is 5.75 Å². The standard InChI is InChI=1S/C23H28N2O4/c1-4-5-13-25-19-11-7-6-10-17(19)14-18(23(25)28)22(27)24-21-15(2)9-8-12-20(21)29-16(3)26/h8-9,12,14H,4-7,10-11,13H2,1-3H3,(H,24,27). The number of fused-ring (bicyclic) bond motifs is 1. The first-order chi connectivity index (χ1) is 13.9. The Morgan fingerprint density at radius 2 is 1.97 bits per heavy atom. The van der Waals surface area contributed by atoms with Crippen molar-refractivity contribution in [1.29, 1.82) is 0 Å². The van der Waals surface area contributed by atoms with Crippen molar-refractivity contribution in [2.45, 2.75) is 65.8 Å². The Bertz CT molecular complexity index is 991. The maximum Gasteiger partial charge on any atom is 0.308 e. The second kappa shape index (κ2) is 9.07. The predicted octanol–water partition coefficient (Wildman–Crippen LogP) is 4.01. The quantitative estimate of drug-likeness (QED) is 0.591. The highest BCUT2D eigenvalue weighted by Gasteiger charge is 2.22. The van der Waals surface area contributed by atoms with Gasteiger partial charge >= 0.3 is 5.97 Å². The van der Waals surface area contributed by atoms with E-state index in [1.54, 1.807) is 22.8 Å². The minimum Gasteiger partial charge on any atom is -0.424 e. The second-order valence-electron chi connectivity index (χ2n) is 7.54. The lowest BCUT2D eigenvalue weighted by molar-refractivity contribution is -0.131. The zero-order valence-corrected chi connectivity index (χ0v) is 17.3. The molecule has 0 saturated carbocycles. The molecule has 2 aromatic rings. The van der Waals surface area contributed by atoms with Gasteiger partial charge in [-0.25, -0.2) is 0 Å². The maximum atomic E-state index is 13.1. The molecule has 1 N–H and O–H groups in total. The summed E-state index contributed by atoms with van der Waals surface area (Å²) in [4.78, 5) is 37.6. The van der Waals surface area contributed by atoms with Crippen LogP contribution in [0.2, 0.25) is 0 Å². The predicted molar refractivity (Wildman–Crippen MR) is 113 cm³/mol. The number of carbonyl (C=O) groups excluding carboxylic acids is 2. The van der Waals surface area contributed by atoms with Crippen LogP contribution in [-0.4, -0.2) is 16.4 Å². The second-order valence-corrected chi connectivity index (χ2v) is 7.54. The first-order valence-corrected chi connectivity index (χ1v) is 10.3. The van der Waals surface area contributed by atoms with E-state index in [4.69, 9.17) is 4.74 Å². The Hall–Kier alpha value is -2.89. The van der Waals surface area contributed by atoms with Gasteiger partial charge in [0.25, 0.3) is 11.5 Å². The fraction of sp³-hybridized carbons (Fsp3) is 0.435. The number of para-hydroxylation sites is 1. The number of unbranched alkanes of at least 4 members (excludes halogenated alkanes) is 1. The van der Waals surface area contributed by atoms with Crippen LogP contribution < -0.4 is 15.6 Å². The van der Waals surface area contributed by atoms with E-state index in [0.717, 1.165) is 55.3 Å². The Labute approximate surface area is 170 Å². The van der Waals surface area contributed by atoms with Gasteiger partial charge < -0.3 is 14.6 Å². The van der Waals surface area contributed by atoms with E-state index < -0.39 is 11.9 Å². The van der Waals surface area contributed by atoms with Gasteiger partial charge in [0, 0.05) is 19.2 Å². The Morgan fingerprint density at radius 1 is 1.21 bits per heavy atom. The van der Waals surface area contributed by atoms with Crippen molar-refractivity contribution in [2.75, 3.05) is 5.32 Å². The number of benzene rings is 1. The number of hydrogen-bond donors (Lipinski definition) is 1. The van der Waals surface area contributed by atoms with Crippen LogP contribution in [0.5, 0.6) is 5.75 Å². The summed E-state index contributed by atoms with van der Waals surface area (Å²) in [5.74, 6) is -0.673. The molecule has 0 unspecified atom stereocenters. The van der Waals surface area contributed by atoms with Crippen LogP contribution >= 0.6 is 0 Å². The van der Waals surface area contributed by atoms with Gasteiger partial charge in [0.15, 0.2) is 5.75 Å². The fourth-order valence-corrected chi connectivity index (χ4v) is 3.82. The van der Waals surface area contributed by atoms with Crippen LogP contribution in [0, 0.1) is 6.92 Å². The lowest BCUT2D eigenvalue weighted by Crippen LogP contribution is -2.33. The van der Waals surface area contributed by atoms with E-state index in [1.807, 2.05) is 13.0 Å². The molecule has 6 heteroatoms. The molecule has 0 fully saturated rings. The van der Waals surface area contributed by atoms with Crippen molar-refractivity contribution in [1.82, 2.24) is 4.57 Å². The van der Waals surface area contributed by atoms with Gasteiger partial charge in [-0.15, -0.1) is 0 Å². The van der Waals surface area contributed by atoms with Crippen LogP contribution in [0.4, 0.5) is 5.69 Å². The molecule has 29 heavy (non-hydrogen) atoms. The number of aromatic nitrogens is 1. The highest BCUT2D eigenvalue weighted by molar-refractivity contribution is 6.05. The number of nitrogens with zero attached hydrogens (tertiary/aromatic N) is 1. The van der Waals surface area contributed by atoms with Crippen LogP contribution in [0.25, 0.3) is 0 Å². The molecule has 0 bridgehead atoms. The number of ether oxygens (including phenoxy) is 1. The third kappa shape index (κ3) is 4.58. The third-order valence-corrected chi connectivity index (χ3v) is 5.31. The molecule has 1 heterocycles. The molecule has 154 valence electrons. The summed E-state index contributed by atoms with van der Waals surface area (Å²) in [6.07, 6.45) is 5.77. The minimum atomic E-state index is -0.476. The monoisotopic (exact) mass is 396 g/mol. The molecule has 0 spiro atoms. The number of hydrogen-bond acceptors (Lipinski definition) is 4. The van der Waals surface area contributed by atoms with Crippen LogP contribution in [0.15, 0.2) is 29.1 Å². The molecule has 1 amide bonds. The maximum absolute atomic E-state index is 13.1. The molecular weight excluding hydrogens is 368 g/mol. The molecule has 1 aliphatic rings. The van der Waals surface area contributed by atoms with E-state index in [9.17, 15) is 14.4 Å². The first kappa shape index (κ1) is 20.8. The molecule has 6 nitrogen and oxygen atoms in total. The molecule has 0 aliphatic heterocycles. The molecule has 3 rings (SSSR count). The highest BCUT2D eigenvalue weighted by atomic mass is 16.5. The Balaban J connectivity index is 2.00. The summed E-state index contributed by atoms with van der Waals surface area (Å²) in [6, 6.07) is 6.93. The zero-order chi connectivity index (χ0) is 21.0. The first-order valence-electron chi connectivity index (χ1n) is 10.3. The van der Waals surface area contributed by atoms with Gasteiger partial charge in [-0.2, -0.15) is 0 Å². The number of pyridine rings is 1. The smallest absolute Gasteiger partial charge is 0.308 e. The number of nitrogens with one attached hydrogen (secondary N) is 1. The van der Waals surface area contributed by atoms with Crippen molar-refractivity contribution in [3.05, 3.63) is 57.0 Å². The molecule has 0 saturated heterocycles. The van der Waals surface area contributed by atoms with E-state index in [1.165, 1.54) is 6.92 Å². The van der Waals surface area contributed by atoms with E-state index >= 15 is 0 Å². The van der Waals surface area contributed by atoms with E-state index in [0.29, 0.717) is 12.2 Å². The zero-order valence-electron chi connectivity index (χ0n) is 17.3. The number of carbonyl (C=O) groups is 2. The lowest BCUT2D eigenvalue weighted by atomic mass is 9.94. The summed E-state index contributed by atoms with van der Waals surface area (Å²) in [5.41, 5.74) is 3.20.